The van der Waals surface area contributed by atoms with Crippen LogP contribution in [0.2, 0.25) is 0 Å². The molecule has 3 aromatic heterocycles. The van der Waals surface area contributed by atoms with Gasteiger partial charge in [-0.05, 0) is 30.9 Å². The van der Waals surface area contributed by atoms with Gasteiger partial charge in [-0.15, -0.1) is 0 Å². The van der Waals surface area contributed by atoms with E-state index in [0.717, 1.165) is 19.3 Å². The van der Waals surface area contributed by atoms with Crippen LogP contribution in [0.25, 0.3) is 21.9 Å². The fourth-order valence-electron chi connectivity index (χ4n) is 5.22. The van der Waals surface area contributed by atoms with Gasteiger partial charge in [0.2, 0.25) is 0 Å². The lowest BCUT2D eigenvalue weighted by Crippen LogP contribution is -2.33. The van der Waals surface area contributed by atoms with Gasteiger partial charge < -0.3 is 8.83 Å². The number of unbranched alkanes of at least 4 members (excludes halogenated alkanes) is 12. The number of hydrogen-bond acceptors (Lipinski definition) is 4. The smallest absolute Gasteiger partial charge is 0.264 e. The Balaban J connectivity index is 1.69. The molecule has 0 aliphatic heterocycles. The van der Waals surface area contributed by atoms with E-state index in [9.17, 15) is 9.59 Å². The lowest BCUT2D eigenvalue weighted by Gasteiger charge is -2.17. The maximum absolute atomic E-state index is 13.4. The minimum Gasteiger partial charge on any atom is -0.460 e. The van der Waals surface area contributed by atoms with E-state index in [1.165, 1.54) is 101 Å². The highest BCUT2D eigenvalue weighted by molar-refractivity contribution is 5.97. The molecule has 1 unspecified atom stereocenters. The van der Waals surface area contributed by atoms with Crippen LogP contribution >= 0.6 is 0 Å². The van der Waals surface area contributed by atoms with Gasteiger partial charge in [-0.1, -0.05) is 104 Å². The zero-order valence-electron chi connectivity index (χ0n) is 22.0. The summed E-state index contributed by atoms with van der Waals surface area (Å²) in [7, 11) is 0. The van der Waals surface area contributed by atoms with Crippen molar-refractivity contribution < 1.29 is 8.83 Å². The molecule has 0 aromatic carbocycles. The molecule has 3 heterocycles. The maximum atomic E-state index is 13.4. The Morgan fingerprint density at radius 1 is 0.629 bits per heavy atom. The van der Waals surface area contributed by atoms with Crippen LogP contribution in [0.3, 0.4) is 0 Å². The van der Waals surface area contributed by atoms with Crippen LogP contribution < -0.4 is 11.1 Å². The van der Waals surface area contributed by atoms with Crippen molar-refractivity contribution in [2.75, 3.05) is 0 Å². The van der Waals surface area contributed by atoms with Crippen molar-refractivity contribution >= 4 is 21.9 Å². The molecule has 1 atom stereocenters. The summed E-state index contributed by atoms with van der Waals surface area (Å²) < 4.78 is 12.5. The van der Waals surface area contributed by atoms with Crippen LogP contribution in [-0.4, -0.2) is 4.57 Å². The molecule has 35 heavy (non-hydrogen) atoms. The number of aromatic nitrogens is 1. The highest BCUT2D eigenvalue weighted by Crippen LogP contribution is 2.23. The lowest BCUT2D eigenvalue weighted by molar-refractivity contribution is 0.351. The first kappa shape index (κ1) is 27.3. The monoisotopic (exact) mass is 483 g/mol. The van der Waals surface area contributed by atoms with Gasteiger partial charge in [-0.25, -0.2) is 0 Å². The Morgan fingerprint density at radius 3 is 1.46 bits per heavy atom. The molecule has 0 aliphatic rings. The van der Waals surface area contributed by atoms with Crippen LogP contribution in [-0.2, 0) is 6.54 Å². The van der Waals surface area contributed by atoms with Crippen LogP contribution in [0.1, 0.15) is 117 Å². The van der Waals surface area contributed by atoms with Crippen molar-refractivity contribution in [3.63, 3.8) is 0 Å². The van der Waals surface area contributed by atoms with Gasteiger partial charge in [0.05, 0.1) is 23.3 Å². The van der Waals surface area contributed by atoms with Crippen molar-refractivity contribution in [3.8, 4) is 0 Å². The summed E-state index contributed by atoms with van der Waals surface area (Å²) in [6.45, 7) is 4.97. The fraction of sp³-hybridized carbons (Fsp3) is 0.667. The first-order valence-electron chi connectivity index (χ1n) is 14.2. The SMILES string of the molecule is CCCCCCCCCCC(CCCCCCCC)Cn1c(=O)c2ccoc2c2occc2c1=O. The molecule has 0 spiro atoms. The van der Waals surface area contributed by atoms with Gasteiger partial charge in [-0.3, -0.25) is 14.2 Å². The Hall–Kier alpha value is -2.30. The summed E-state index contributed by atoms with van der Waals surface area (Å²) in [5.74, 6) is 0.331. The molecule has 0 N–H and O–H groups in total. The summed E-state index contributed by atoms with van der Waals surface area (Å²) in [6.07, 6.45) is 23.0. The van der Waals surface area contributed by atoms with Crippen molar-refractivity contribution in [2.24, 2.45) is 5.92 Å². The van der Waals surface area contributed by atoms with Crippen molar-refractivity contribution in [2.45, 2.75) is 123 Å². The van der Waals surface area contributed by atoms with Crippen LogP contribution in [0.4, 0.5) is 0 Å². The Kier molecular flexibility index (Phi) is 11.7. The van der Waals surface area contributed by atoms with Crippen molar-refractivity contribution in [3.05, 3.63) is 45.4 Å². The van der Waals surface area contributed by atoms with Gasteiger partial charge in [0, 0.05) is 6.54 Å². The summed E-state index contributed by atoms with van der Waals surface area (Å²) in [5.41, 5.74) is 0.186. The van der Waals surface area contributed by atoms with Crippen LogP contribution in [0.15, 0.2) is 43.1 Å². The molecular weight excluding hydrogens is 438 g/mol. The third-order valence-electron chi connectivity index (χ3n) is 7.36. The predicted molar refractivity (Wildman–Crippen MR) is 145 cm³/mol. The lowest BCUT2D eigenvalue weighted by atomic mass is 9.93. The van der Waals surface area contributed by atoms with Gasteiger partial charge in [0.25, 0.3) is 11.1 Å². The molecule has 0 aliphatic carbocycles. The number of hydrogen-bond donors (Lipinski definition) is 0. The molecule has 0 amide bonds. The number of fused-ring (bicyclic) bond motifs is 3. The minimum atomic E-state index is -0.269. The summed E-state index contributed by atoms with van der Waals surface area (Å²) in [5, 5.41) is 0.829. The first-order chi connectivity index (χ1) is 17.2. The normalized spacial score (nSPS) is 12.6. The molecule has 5 nitrogen and oxygen atoms in total. The zero-order valence-corrected chi connectivity index (χ0v) is 22.0. The number of furan rings is 2. The second kappa shape index (κ2) is 15.0. The molecule has 3 rings (SSSR count). The largest absolute Gasteiger partial charge is 0.460 e. The summed E-state index contributed by atoms with van der Waals surface area (Å²) >= 11 is 0. The third-order valence-corrected chi connectivity index (χ3v) is 7.36. The molecule has 3 aromatic rings. The van der Waals surface area contributed by atoms with Crippen molar-refractivity contribution in [1.29, 1.82) is 0 Å². The maximum Gasteiger partial charge on any atom is 0.264 e. The highest BCUT2D eigenvalue weighted by Gasteiger charge is 2.18. The number of rotatable bonds is 18. The van der Waals surface area contributed by atoms with E-state index in [0.29, 0.717) is 34.4 Å². The molecule has 194 valence electrons. The predicted octanol–water partition coefficient (Wildman–Crippen LogP) is 8.60. The van der Waals surface area contributed by atoms with E-state index >= 15 is 0 Å². The zero-order chi connectivity index (χ0) is 24.9. The number of nitrogens with zero attached hydrogens (tertiary/aromatic N) is 1. The van der Waals surface area contributed by atoms with Crippen LogP contribution in [0.5, 0.6) is 0 Å². The Labute approximate surface area is 209 Å². The average molecular weight is 484 g/mol. The summed E-state index contributed by atoms with van der Waals surface area (Å²) in [6, 6.07) is 3.30. The second-order valence-corrected chi connectivity index (χ2v) is 10.2. The molecule has 0 saturated heterocycles. The highest BCUT2D eigenvalue weighted by atomic mass is 16.4. The Bertz CT molecular complexity index is 1060. The van der Waals surface area contributed by atoms with Gasteiger partial charge in [0.15, 0.2) is 11.2 Å². The van der Waals surface area contributed by atoms with E-state index in [-0.39, 0.29) is 11.1 Å². The molecule has 0 saturated carbocycles. The molecule has 0 fully saturated rings. The van der Waals surface area contributed by atoms with Crippen molar-refractivity contribution in [1.82, 2.24) is 4.57 Å². The van der Waals surface area contributed by atoms with E-state index in [4.69, 9.17) is 8.83 Å². The van der Waals surface area contributed by atoms with Gasteiger partial charge >= 0.3 is 0 Å². The van der Waals surface area contributed by atoms with Gasteiger partial charge in [-0.2, -0.15) is 0 Å². The minimum absolute atomic E-state index is 0.269. The second-order valence-electron chi connectivity index (χ2n) is 10.2. The summed E-state index contributed by atoms with van der Waals surface area (Å²) in [4.78, 5) is 26.7. The third kappa shape index (κ3) is 7.85. The first-order valence-corrected chi connectivity index (χ1v) is 14.2. The Morgan fingerprint density at radius 2 is 1.03 bits per heavy atom. The van der Waals surface area contributed by atoms with E-state index in [2.05, 4.69) is 13.8 Å². The van der Waals surface area contributed by atoms with E-state index < -0.39 is 0 Å². The van der Waals surface area contributed by atoms with E-state index in [1.54, 1.807) is 12.1 Å². The fourth-order valence-corrected chi connectivity index (χ4v) is 5.22. The topological polar surface area (TPSA) is 65.3 Å². The molecule has 5 heteroatoms. The molecule has 0 bridgehead atoms. The quantitative estimate of drug-likeness (QED) is 0.170. The average Bonchev–Trinajstić information content (AvgIpc) is 3.53. The van der Waals surface area contributed by atoms with Crippen LogP contribution in [0, 0.1) is 5.92 Å². The molecule has 0 radical (unpaired) electrons. The standard InChI is InChI=1S/C30H45NO4/c1-3-5-7-9-11-12-14-16-18-24(17-15-13-10-8-6-4-2)23-31-29(32)25-19-21-34-27(25)28-26(30(31)33)20-22-35-28/h19-22,24H,3-18,23H2,1-2H3. The molecular formula is C30H45NO4. The van der Waals surface area contributed by atoms with E-state index in [1.807, 2.05) is 0 Å². The van der Waals surface area contributed by atoms with Gasteiger partial charge in [0.1, 0.15) is 0 Å².